The van der Waals surface area contributed by atoms with Gasteiger partial charge in [-0.2, -0.15) is 0 Å². The molecule has 1 aliphatic carbocycles. The topological polar surface area (TPSA) is 43.8 Å². The summed E-state index contributed by atoms with van der Waals surface area (Å²) in [5, 5.41) is 0. The number of aromatic nitrogens is 2. The van der Waals surface area contributed by atoms with Gasteiger partial charge in [0.2, 0.25) is 0 Å². The number of nitrogen functional groups attached to an aromatic ring is 1. The first-order chi connectivity index (χ1) is 8.18. The molecule has 1 saturated carbocycles. The van der Waals surface area contributed by atoms with Crippen LogP contribution >= 0.6 is 0 Å². The number of hydrogen-bond donors (Lipinski definition) is 1. The third-order valence-corrected chi connectivity index (χ3v) is 3.25. The number of rotatable bonds is 2. The lowest BCUT2D eigenvalue weighted by atomic mass is 10.1. The third kappa shape index (κ3) is 1.60. The van der Waals surface area contributed by atoms with E-state index in [1.54, 1.807) is 18.2 Å². The maximum Gasteiger partial charge on any atom is 0.132 e. The molecule has 88 valence electrons. The minimum Gasteiger partial charge on any atom is -0.383 e. The molecule has 1 aliphatic rings. The van der Waals surface area contributed by atoms with Gasteiger partial charge in [0.1, 0.15) is 23.2 Å². The highest BCUT2D eigenvalue weighted by Crippen LogP contribution is 2.41. The molecule has 0 aliphatic heterocycles. The summed E-state index contributed by atoms with van der Waals surface area (Å²) in [5.41, 5.74) is 7.05. The van der Waals surface area contributed by atoms with Crippen LogP contribution in [-0.4, -0.2) is 9.55 Å². The van der Waals surface area contributed by atoms with Crippen molar-refractivity contribution in [2.45, 2.75) is 18.8 Å². The van der Waals surface area contributed by atoms with Crippen LogP contribution in [0.4, 0.5) is 10.2 Å². The van der Waals surface area contributed by atoms with Crippen molar-refractivity contribution in [3.8, 4) is 11.3 Å². The van der Waals surface area contributed by atoms with E-state index in [9.17, 15) is 4.39 Å². The maximum atomic E-state index is 13.7. The summed E-state index contributed by atoms with van der Waals surface area (Å²) in [7, 11) is 1.89. The molecule has 0 amide bonds. The van der Waals surface area contributed by atoms with Gasteiger partial charge in [0.05, 0.1) is 0 Å². The van der Waals surface area contributed by atoms with Crippen LogP contribution in [0.3, 0.4) is 0 Å². The Balaban J connectivity index is 2.15. The fourth-order valence-electron chi connectivity index (χ4n) is 2.09. The molecule has 1 aromatic carbocycles. The second-order valence-electron chi connectivity index (χ2n) is 4.52. The Morgan fingerprint density at radius 3 is 2.71 bits per heavy atom. The summed E-state index contributed by atoms with van der Waals surface area (Å²) >= 11 is 0. The van der Waals surface area contributed by atoms with Crippen molar-refractivity contribution in [1.82, 2.24) is 9.55 Å². The molecular formula is C13H14FN3. The third-order valence-electron chi connectivity index (χ3n) is 3.25. The molecule has 3 rings (SSSR count). The number of nitrogens with zero attached hydrogens (tertiary/aromatic N) is 2. The summed E-state index contributed by atoms with van der Waals surface area (Å²) < 4.78 is 15.6. The van der Waals surface area contributed by atoms with Crippen LogP contribution in [0.1, 0.15) is 24.6 Å². The minimum absolute atomic E-state index is 0.278. The number of nitrogens with two attached hydrogens (primary N) is 1. The molecule has 17 heavy (non-hydrogen) atoms. The Kier molecular flexibility index (Phi) is 2.18. The standard InChI is InChI=1S/C13H14FN3/c1-17-12(15)11(16-13(17)8-6-7-8)9-4-2-3-5-10(9)14/h2-5,8H,6-7,15H2,1H3. The van der Waals surface area contributed by atoms with E-state index in [0.717, 1.165) is 18.7 Å². The van der Waals surface area contributed by atoms with Gasteiger partial charge in [-0.1, -0.05) is 12.1 Å². The van der Waals surface area contributed by atoms with E-state index in [2.05, 4.69) is 4.98 Å². The second kappa shape index (κ2) is 3.58. The van der Waals surface area contributed by atoms with Crippen molar-refractivity contribution < 1.29 is 4.39 Å². The number of benzene rings is 1. The van der Waals surface area contributed by atoms with Crippen LogP contribution in [0.25, 0.3) is 11.3 Å². The van der Waals surface area contributed by atoms with Crippen molar-refractivity contribution >= 4 is 5.82 Å². The molecule has 0 bridgehead atoms. The van der Waals surface area contributed by atoms with Gasteiger partial charge >= 0.3 is 0 Å². The Bertz CT molecular complexity index is 570. The predicted octanol–water partition coefficient (Wildman–Crippen LogP) is 2.69. The zero-order valence-electron chi connectivity index (χ0n) is 9.65. The van der Waals surface area contributed by atoms with Gasteiger partial charge < -0.3 is 10.3 Å². The Morgan fingerprint density at radius 2 is 2.06 bits per heavy atom. The maximum absolute atomic E-state index is 13.7. The lowest BCUT2D eigenvalue weighted by Gasteiger charge is -2.01. The van der Waals surface area contributed by atoms with E-state index >= 15 is 0 Å². The van der Waals surface area contributed by atoms with Crippen molar-refractivity contribution in [3.63, 3.8) is 0 Å². The van der Waals surface area contributed by atoms with Crippen molar-refractivity contribution in [2.75, 3.05) is 5.73 Å². The molecule has 3 nitrogen and oxygen atoms in total. The highest BCUT2D eigenvalue weighted by Gasteiger charge is 2.30. The van der Waals surface area contributed by atoms with Crippen LogP contribution in [-0.2, 0) is 7.05 Å². The lowest BCUT2D eigenvalue weighted by Crippen LogP contribution is -2.00. The smallest absolute Gasteiger partial charge is 0.132 e. The van der Waals surface area contributed by atoms with Gasteiger partial charge in [-0.15, -0.1) is 0 Å². The summed E-state index contributed by atoms with van der Waals surface area (Å²) in [4.78, 5) is 4.50. The van der Waals surface area contributed by atoms with Gasteiger partial charge in [0, 0.05) is 18.5 Å². The SMILES string of the molecule is Cn1c(C2CC2)nc(-c2ccccc2F)c1N. The van der Waals surface area contributed by atoms with Crippen molar-refractivity contribution in [2.24, 2.45) is 7.05 Å². The molecule has 4 heteroatoms. The fraction of sp³-hybridized carbons (Fsp3) is 0.308. The van der Waals surface area contributed by atoms with Crippen molar-refractivity contribution in [3.05, 3.63) is 35.9 Å². The normalized spacial score (nSPS) is 15.2. The molecule has 0 saturated heterocycles. The van der Waals surface area contributed by atoms with E-state index in [1.165, 1.54) is 6.07 Å². The fourth-order valence-corrected chi connectivity index (χ4v) is 2.09. The van der Waals surface area contributed by atoms with Gasteiger partial charge in [0.25, 0.3) is 0 Å². The number of hydrogen-bond acceptors (Lipinski definition) is 2. The summed E-state index contributed by atoms with van der Waals surface area (Å²) in [5.74, 6) is 1.74. The van der Waals surface area contributed by atoms with E-state index in [0.29, 0.717) is 23.0 Å². The molecule has 0 spiro atoms. The van der Waals surface area contributed by atoms with Crippen LogP contribution in [0, 0.1) is 5.82 Å². The van der Waals surface area contributed by atoms with Crippen molar-refractivity contribution in [1.29, 1.82) is 0 Å². The molecule has 1 heterocycles. The minimum atomic E-state index is -0.278. The van der Waals surface area contributed by atoms with Gasteiger partial charge in [0.15, 0.2) is 0 Å². The van der Waals surface area contributed by atoms with E-state index in [1.807, 2.05) is 11.6 Å². The highest BCUT2D eigenvalue weighted by molar-refractivity contribution is 5.71. The van der Waals surface area contributed by atoms with Gasteiger partial charge in [-0.25, -0.2) is 9.37 Å². The number of anilines is 1. The average molecular weight is 231 g/mol. The van der Waals surface area contributed by atoms with E-state index in [4.69, 9.17) is 5.73 Å². The second-order valence-corrected chi connectivity index (χ2v) is 4.52. The van der Waals surface area contributed by atoms with Gasteiger partial charge in [-0.3, -0.25) is 0 Å². The quantitative estimate of drug-likeness (QED) is 0.863. The first-order valence-corrected chi connectivity index (χ1v) is 5.75. The van der Waals surface area contributed by atoms with Crippen LogP contribution in [0.15, 0.2) is 24.3 Å². The van der Waals surface area contributed by atoms with Crippen LogP contribution < -0.4 is 5.73 Å². The summed E-state index contributed by atoms with van der Waals surface area (Å²) in [6.45, 7) is 0. The van der Waals surface area contributed by atoms with E-state index < -0.39 is 0 Å². The van der Waals surface area contributed by atoms with Crippen LogP contribution in [0.5, 0.6) is 0 Å². The molecule has 0 radical (unpaired) electrons. The Morgan fingerprint density at radius 1 is 1.35 bits per heavy atom. The lowest BCUT2D eigenvalue weighted by molar-refractivity contribution is 0.631. The molecule has 0 atom stereocenters. The highest BCUT2D eigenvalue weighted by atomic mass is 19.1. The molecule has 2 aromatic rings. The summed E-state index contributed by atoms with van der Waals surface area (Å²) in [6, 6.07) is 6.61. The number of halogens is 1. The van der Waals surface area contributed by atoms with Crippen LogP contribution in [0.2, 0.25) is 0 Å². The number of imidazole rings is 1. The molecule has 1 aromatic heterocycles. The monoisotopic (exact) mass is 231 g/mol. The zero-order valence-corrected chi connectivity index (χ0v) is 9.65. The molecule has 1 fully saturated rings. The first kappa shape index (κ1) is 10.3. The van der Waals surface area contributed by atoms with Gasteiger partial charge in [-0.05, 0) is 25.0 Å². The molecule has 2 N–H and O–H groups in total. The molecular weight excluding hydrogens is 217 g/mol. The average Bonchev–Trinajstić information content (AvgIpc) is 3.11. The molecule has 0 unspecified atom stereocenters. The summed E-state index contributed by atoms with van der Waals surface area (Å²) in [6.07, 6.45) is 2.31. The Hall–Kier alpha value is -1.84. The predicted molar refractivity (Wildman–Crippen MR) is 65.0 cm³/mol. The first-order valence-electron chi connectivity index (χ1n) is 5.75. The zero-order chi connectivity index (χ0) is 12.0. The van der Waals surface area contributed by atoms with E-state index in [-0.39, 0.29) is 5.82 Å². The Labute approximate surface area is 99.1 Å². The largest absolute Gasteiger partial charge is 0.383 e.